The number of hydrogen-bond acceptors (Lipinski definition) is 7. The number of hydrazone groups is 1. The van der Waals surface area contributed by atoms with Crippen LogP contribution in [-0.2, 0) is 9.59 Å². The number of ether oxygens (including phenoxy) is 3. The zero-order valence-electron chi connectivity index (χ0n) is 16.5. The first kappa shape index (κ1) is 21.0. The van der Waals surface area contributed by atoms with Crippen molar-refractivity contribution in [1.29, 1.82) is 0 Å². The minimum absolute atomic E-state index is 0.0326. The maximum Gasteiger partial charge on any atom is 0.325 e. The lowest BCUT2D eigenvalue weighted by atomic mass is 10.1. The average Bonchev–Trinajstić information content (AvgIpc) is 2.86. The molecule has 0 bridgehead atoms. The quantitative estimate of drug-likeness (QED) is 0.385. The molecule has 1 aromatic carbocycles. The number of nitrogens with zero attached hydrogens (tertiary/aromatic N) is 2. The molecular weight excluding hydrogens is 368 g/mol. The predicted octanol–water partition coefficient (Wildman–Crippen LogP) is 0.883. The van der Waals surface area contributed by atoms with Gasteiger partial charge in [0.2, 0.25) is 11.7 Å². The smallest absolute Gasteiger partial charge is 0.325 e. The van der Waals surface area contributed by atoms with E-state index in [4.69, 9.17) is 14.2 Å². The average molecular weight is 392 g/mol. The zero-order valence-corrected chi connectivity index (χ0v) is 16.5. The first-order chi connectivity index (χ1) is 13.2. The number of urea groups is 1. The van der Waals surface area contributed by atoms with Gasteiger partial charge in [0.05, 0.1) is 27.5 Å². The van der Waals surface area contributed by atoms with E-state index in [1.807, 2.05) is 0 Å². The Labute approximate surface area is 162 Å². The van der Waals surface area contributed by atoms with Gasteiger partial charge in [0.15, 0.2) is 11.5 Å². The summed E-state index contributed by atoms with van der Waals surface area (Å²) in [6.07, 6.45) is 1.32. The molecule has 152 valence electrons. The summed E-state index contributed by atoms with van der Waals surface area (Å²) in [5.74, 6) is 0.491. The summed E-state index contributed by atoms with van der Waals surface area (Å²) in [4.78, 5) is 36.9. The van der Waals surface area contributed by atoms with Gasteiger partial charge in [-0.05, 0) is 26.0 Å². The van der Waals surface area contributed by atoms with Gasteiger partial charge in [0.25, 0.3) is 5.91 Å². The highest BCUT2D eigenvalue weighted by molar-refractivity contribution is 6.06. The van der Waals surface area contributed by atoms with Crippen LogP contribution in [0.5, 0.6) is 17.2 Å². The van der Waals surface area contributed by atoms with Crippen molar-refractivity contribution in [2.45, 2.75) is 25.8 Å². The fourth-order valence-electron chi connectivity index (χ4n) is 2.69. The van der Waals surface area contributed by atoms with Gasteiger partial charge in [-0.25, -0.2) is 10.2 Å². The van der Waals surface area contributed by atoms with Crippen molar-refractivity contribution in [2.75, 3.05) is 27.9 Å². The Morgan fingerprint density at radius 1 is 1.18 bits per heavy atom. The van der Waals surface area contributed by atoms with E-state index >= 15 is 0 Å². The molecular formula is C18H24N4O6. The zero-order chi connectivity index (χ0) is 20.9. The first-order valence-corrected chi connectivity index (χ1v) is 8.50. The summed E-state index contributed by atoms with van der Waals surface area (Å²) in [5.41, 5.74) is 1.96. The van der Waals surface area contributed by atoms with Crippen molar-refractivity contribution in [2.24, 2.45) is 5.10 Å². The molecule has 2 N–H and O–H groups in total. The molecule has 0 radical (unpaired) electrons. The molecule has 0 unspecified atom stereocenters. The molecule has 1 heterocycles. The molecule has 28 heavy (non-hydrogen) atoms. The third-order valence-electron chi connectivity index (χ3n) is 4.13. The van der Waals surface area contributed by atoms with E-state index in [0.29, 0.717) is 22.8 Å². The molecule has 1 aromatic rings. The second-order valence-corrected chi connectivity index (χ2v) is 6.48. The second-order valence-electron chi connectivity index (χ2n) is 6.48. The molecule has 0 atom stereocenters. The standard InChI is InChI=1S/C18H24N4O6/c1-18(2)16(24)22(17(25)20-18)9-8-13(23)21-19-10-11-6-7-12(26-3)15(28-5)14(11)27-4/h6-7,10H,8-9H2,1-5H3,(H,20,25)(H,21,23)/b19-10-. The number of imide groups is 1. The van der Waals surface area contributed by atoms with Gasteiger partial charge in [0, 0.05) is 18.5 Å². The lowest BCUT2D eigenvalue weighted by molar-refractivity contribution is -0.130. The van der Waals surface area contributed by atoms with Gasteiger partial charge in [-0.3, -0.25) is 14.5 Å². The Hall–Kier alpha value is -3.30. The van der Waals surface area contributed by atoms with Crippen LogP contribution < -0.4 is 25.0 Å². The van der Waals surface area contributed by atoms with Crippen LogP contribution >= 0.6 is 0 Å². The number of hydrogen-bond donors (Lipinski definition) is 2. The number of rotatable bonds is 8. The summed E-state index contributed by atoms with van der Waals surface area (Å²) in [7, 11) is 4.48. The molecule has 1 aliphatic heterocycles. The molecule has 0 spiro atoms. The molecule has 1 saturated heterocycles. The Bertz CT molecular complexity index is 806. The van der Waals surface area contributed by atoms with Crippen molar-refractivity contribution >= 4 is 24.1 Å². The number of benzene rings is 1. The minimum atomic E-state index is -0.963. The Morgan fingerprint density at radius 2 is 1.86 bits per heavy atom. The summed E-state index contributed by atoms with van der Waals surface area (Å²) < 4.78 is 15.8. The van der Waals surface area contributed by atoms with E-state index in [1.54, 1.807) is 26.0 Å². The van der Waals surface area contributed by atoms with Gasteiger partial charge >= 0.3 is 6.03 Å². The molecule has 10 nitrogen and oxygen atoms in total. The maximum atomic E-state index is 12.1. The topological polar surface area (TPSA) is 119 Å². The van der Waals surface area contributed by atoms with Crippen LogP contribution in [0.1, 0.15) is 25.8 Å². The first-order valence-electron chi connectivity index (χ1n) is 8.50. The highest BCUT2D eigenvalue weighted by Gasteiger charge is 2.43. The molecule has 4 amide bonds. The maximum absolute atomic E-state index is 12.1. The summed E-state index contributed by atoms with van der Waals surface area (Å²) >= 11 is 0. The number of carbonyl (C=O) groups is 3. The molecule has 0 aromatic heterocycles. The number of methoxy groups -OCH3 is 3. The molecule has 1 aliphatic rings. The monoisotopic (exact) mass is 392 g/mol. The number of nitrogens with one attached hydrogen (secondary N) is 2. The summed E-state index contributed by atoms with van der Waals surface area (Å²) in [6, 6.07) is 2.87. The van der Waals surface area contributed by atoms with Gasteiger partial charge in [-0.15, -0.1) is 0 Å². The third kappa shape index (κ3) is 4.33. The number of amides is 4. The van der Waals surface area contributed by atoms with Crippen LogP contribution in [0, 0.1) is 0 Å². The van der Waals surface area contributed by atoms with Gasteiger partial charge < -0.3 is 19.5 Å². The SMILES string of the molecule is COc1ccc(/C=N\NC(=O)CCN2C(=O)NC(C)(C)C2=O)c(OC)c1OC. The molecule has 0 aliphatic carbocycles. The highest BCUT2D eigenvalue weighted by atomic mass is 16.5. The minimum Gasteiger partial charge on any atom is -0.493 e. The van der Waals surface area contributed by atoms with Crippen LogP contribution in [0.2, 0.25) is 0 Å². The van der Waals surface area contributed by atoms with Crippen LogP contribution in [0.3, 0.4) is 0 Å². The van der Waals surface area contributed by atoms with E-state index in [0.717, 1.165) is 4.90 Å². The van der Waals surface area contributed by atoms with Crippen LogP contribution in [0.4, 0.5) is 4.79 Å². The summed E-state index contributed by atoms with van der Waals surface area (Å²) in [5, 5.41) is 6.44. The third-order valence-corrected chi connectivity index (χ3v) is 4.13. The Balaban J connectivity index is 1.97. The van der Waals surface area contributed by atoms with Gasteiger partial charge in [-0.1, -0.05) is 0 Å². The van der Waals surface area contributed by atoms with E-state index in [9.17, 15) is 14.4 Å². The fourth-order valence-corrected chi connectivity index (χ4v) is 2.69. The second kappa shape index (κ2) is 8.59. The predicted molar refractivity (Wildman–Crippen MR) is 101 cm³/mol. The van der Waals surface area contributed by atoms with Gasteiger partial charge in [-0.2, -0.15) is 5.10 Å². The molecule has 1 fully saturated rings. The number of carbonyl (C=O) groups excluding carboxylic acids is 3. The highest BCUT2D eigenvalue weighted by Crippen LogP contribution is 2.38. The van der Waals surface area contributed by atoms with Crippen molar-refractivity contribution in [3.8, 4) is 17.2 Å². The Kier molecular flexibility index (Phi) is 6.45. The van der Waals surface area contributed by atoms with Crippen molar-refractivity contribution in [3.63, 3.8) is 0 Å². The van der Waals surface area contributed by atoms with Gasteiger partial charge in [0.1, 0.15) is 5.54 Å². The molecule has 10 heteroatoms. The normalized spacial score (nSPS) is 15.5. The van der Waals surface area contributed by atoms with Crippen molar-refractivity contribution in [1.82, 2.24) is 15.6 Å². The van der Waals surface area contributed by atoms with Crippen LogP contribution in [-0.4, -0.2) is 62.4 Å². The largest absolute Gasteiger partial charge is 0.493 e. The Morgan fingerprint density at radius 3 is 2.39 bits per heavy atom. The lowest BCUT2D eigenvalue weighted by Gasteiger charge is -2.15. The van der Waals surface area contributed by atoms with E-state index in [2.05, 4.69) is 15.8 Å². The fraction of sp³-hybridized carbons (Fsp3) is 0.444. The van der Waals surface area contributed by atoms with E-state index < -0.39 is 17.5 Å². The van der Waals surface area contributed by atoms with Crippen molar-refractivity contribution < 1.29 is 28.6 Å². The van der Waals surface area contributed by atoms with E-state index in [1.165, 1.54) is 27.5 Å². The lowest BCUT2D eigenvalue weighted by Crippen LogP contribution is -2.40. The molecule has 0 saturated carbocycles. The van der Waals surface area contributed by atoms with E-state index in [-0.39, 0.29) is 18.9 Å². The summed E-state index contributed by atoms with van der Waals surface area (Å²) in [6.45, 7) is 3.18. The van der Waals surface area contributed by atoms with Crippen LogP contribution in [0.25, 0.3) is 0 Å². The van der Waals surface area contributed by atoms with Crippen molar-refractivity contribution in [3.05, 3.63) is 17.7 Å². The van der Waals surface area contributed by atoms with Crippen LogP contribution in [0.15, 0.2) is 17.2 Å². The molecule has 2 rings (SSSR count).